The van der Waals surface area contributed by atoms with Crippen molar-refractivity contribution in [1.29, 1.82) is 0 Å². The largest absolute Gasteiger partial charge is 0.441 e. The van der Waals surface area contributed by atoms with Crippen LogP contribution in [-0.2, 0) is 6.42 Å². The number of likely N-dealkylation sites (tertiary alicyclic amines) is 1. The molecule has 0 unspecified atom stereocenters. The summed E-state index contributed by atoms with van der Waals surface area (Å²) in [7, 11) is 0. The van der Waals surface area contributed by atoms with E-state index in [0.29, 0.717) is 11.9 Å². The lowest BCUT2D eigenvalue weighted by Crippen LogP contribution is -2.29. The van der Waals surface area contributed by atoms with E-state index in [1.54, 1.807) is 6.92 Å². The third kappa shape index (κ3) is 4.33. The molecule has 3 aromatic rings. The fourth-order valence-electron chi connectivity index (χ4n) is 4.06. The molecule has 0 N–H and O–H groups in total. The van der Waals surface area contributed by atoms with E-state index in [4.69, 9.17) is 9.40 Å². The van der Waals surface area contributed by atoms with Crippen molar-refractivity contribution in [2.45, 2.75) is 46.1 Å². The Labute approximate surface area is 172 Å². The molecule has 1 aromatic heterocycles. The van der Waals surface area contributed by atoms with Crippen LogP contribution in [0.2, 0.25) is 0 Å². The Balaban J connectivity index is 1.47. The van der Waals surface area contributed by atoms with Crippen LogP contribution in [0.1, 0.15) is 48.5 Å². The first kappa shape index (κ1) is 19.6. The second kappa shape index (κ2) is 8.34. The zero-order valence-corrected chi connectivity index (χ0v) is 17.4. The lowest BCUT2D eigenvalue weighted by atomic mass is 10.0. The van der Waals surface area contributed by atoms with E-state index in [9.17, 15) is 4.79 Å². The summed E-state index contributed by atoms with van der Waals surface area (Å²) in [4.78, 5) is 18.8. The minimum atomic E-state index is 0.0844. The average Bonchev–Trinajstić information content (AvgIpc) is 3.31. The molecule has 2 aromatic carbocycles. The molecule has 1 fully saturated rings. The number of oxazole rings is 1. The van der Waals surface area contributed by atoms with Gasteiger partial charge in [0.2, 0.25) is 5.89 Å². The van der Waals surface area contributed by atoms with Crippen LogP contribution in [0, 0.1) is 6.92 Å². The van der Waals surface area contributed by atoms with Gasteiger partial charge in [0.05, 0.1) is 5.69 Å². The molecule has 4 nitrogen and oxygen atoms in total. The molecule has 150 valence electrons. The van der Waals surface area contributed by atoms with Gasteiger partial charge >= 0.3 is 0 Å². The molecule has 4 rings (SSSR count). The Morgan fingerprint density at radius 3 is 2.28 bits per heavy atom. The predicted octanol–water partition coefficient (Wildman–Crippen LogP) is 5.55. The normalized spacial score (nSPS) is 17.0. The summed E-state index contributed by atoms with van der Waals surface area (Å²) in [6.45, 7) is 8.14. The number of ketones is 1. The van der Waals surface area contributed by atoms with Crippen molar-refractivity contribution < 1.29 is 9.21 Å². The lowest BCUT2D eigenvalue weighted by molar-refractivity contribution is 0.101. The number of rotatable bonds is 6. The zero-order chi connectivity index (χ0) is 20.4. The van der Waals surface area contributed by atoms with Crippen LogP contribution >= 0.6 is 0 Å². The number of hydrogen-bond acceptors (Lipinski definition) is 4. The van der Waals surface area contributed by atoms with Crippen LogP contribution in [0.3, 0.4) is 0 Å². The maximum Gasteiger partial charge on any atom is 0.226 e. The molecule has 0 radical (unpaired) electrons. The van der Waals surface area contributed by atoms with E-state index in [0.717, 1.165) is 46.7 Å². The summed E-state index contributed by atoms with van der Waals surface area (Å²) in [6.07, 6.45) is 3.53. The summed E-state index contributed by atoms with van der Waals surface area (Å²) in [6, 6.07) is 16.6. The highest BCUT2D eigenvalue weighted by Gasteiger charge is 2.21. The maximum absolute atomic E-state index is 11.4. The van der Waals surface area contributed by atoms with Gasteiger partial charge in [0.15, 0.2) is 5.78 Å². The van der Waals surface area contributed by atoms with Gasteiger partial charge in [0.25, 0.3) is 0 Å². The molecule has 0 bridgehead atoms. The number of carbonyl (C=O) groups excluding carboxylic acids is 1. The molecular formula is C25H28N2O2. The molecular weight excluding hydrogens is 360 g/mol. The van der Waals surface area contributed by atoms with Gasteiger partial charge in [-0.15, -0.1) is 0 Å². The fraction of sp³-hybridized carbons (Fsp3) is 0.360. The quantitative estimate of drug-likeness (QED) is 0.520. The summed E-state index contributed by atoms with van der Waals surface area (Å²) in [5.41, 5.74) is 4.97. The van der Waals surface area contributed by atoms with Crippen molar-refractivity contribution in [1.82, 2.24) is 9.88 Å². The second-order valence-electron chi connectivity index (χ2n) is 8.01. The van der Waals surface area contributed by atoms with Crippen molar-refractivity contribution in [3.63, 3.8) is 0 Å². The fourth-order valence-corrected chi connectivity index (χ4v) is 4.06. The SMILES string of the molecule is CC(=O)c1ccc(-c2ccc(-c3nc(CCN4CCC[C@H]4C)c(C)o3)cc2)cc1. The number of aryl methyl sites for hydroxylation is 1. The molecule has 0 saturated carbocycles. The smallest absolute Gasteiger partial charge is 0.226 e. The molecule has 2 heterocycles. The Bertz CT molecular complexity index is 987. The van der Waals surface area contributed by atoms with Crippen molar-refractivity contribution >= 4 is 5.78 Å². The molecule has 1 saturated heterocycles. The minimum absolute atomic E-state index is 0.0844. The van der Waals surface area contributed by atoms with Crippen LogP contribution in [0.25, 0.3) is 22.6 Å². The van der Waals surface area contributed by atoms with Crippen molar-refractivity contribution in [2.75, 3.05) is 13.1 Å². The molecule has 0 amide bonds. The van der Waals surface area contributed by atoms with Crippen LogP contribution in [-0.4, -0.2) is 34.8 Å². The number of benzene rings is 2. The van der Waals surface area contributed by atoms with E-state index in [-0.39, 0.29) is 5.78 Å². The van der Waals surface area contributed by atoms with Crippen molar-refractivity contribution in [3.8, 4) is 22.6 Å². The van der Waals surface area contributed by atoms with E-state index < -0.39 is 0 Å². The van der Waals surface area contributed by atoms with Gasteiger partial charge < -0.3 is 9.32 Å². The third-order valence-electron chi connectivity index (χ3n) is 5.98. The van der Waals surface area contributed by atoms with Gasteiger partial charge in [-0.25, -0.2) is 4.98 Å². The van der Waals surface area contributed by atoms with Crippen molar-refractivity contribution in [2.24, 2.45) is 0 Å². The number of carbonyl (C=O) groups is 1. The third-order valence-corrected chi connectivity index (χ3v) is 5.98. The molecule has 1 aliphatic heterocycles. The highest BCUT2D eigenvalue weighted by Crippen LogP contribution is 2.27. The van der Waals surface area contributed by atoms with Crippen LogP contribution in [0.15, 0.2) is 52.9 Å². The number of aromatic nitrogens is 1. The predicted molar refractivity (Wildman–Crippen MR) is 116 cm³/mol. The Morgan fingerprint density at radius 2 is 1.69 bits per heavy atom. The molecule has 4 heteroatoms. The van der Waals surface area contributed by atoms with Crippen molar-refractivity contribution in [3.05, 3.63) is 65.5 Å². The summed E-state index contributed by atoms with van der Waals surface area (Å²) < 4.78 is 5.96. The molecule has 1 atom stereocenters. The van der Waals surface area contributed by atoms with Gasteiger partial charge in [-0.05, 0) is 63.4 Å². The Morgan fingerprint density at radius 1 is 1.07 bits per heavy atom. The minimum Gasteiger partial charge on any atom is -0.441 e. The highest BCUT2D eigenvalue weighted by molar-refractivity contribution is 5.94. The molecule has 29 heavy (non-hydrogen) atoms. The standard InChI is InChI=1S/C25H28N2O2/c1-17-5-4-15-27(17)16-14-24-19(3)29-25(26-24)23-12-10-22(11-13-23)21-8-6-20(7-9-21)18(2)28/h6-13,17H,4-5,14-16H2,1-3H3/t17-/m1/s1. The lowest BCUT2D eigenvalue weighted by Gasteiger charge is -2.20. The Kier molecular flexibility index (Phi) is 5.63. The van der Waals surface area contributed by atoms with E-state index >= 15 is 0 Å². The van der Waals surface area contributed by atoms with Crippen LogP contribution in [0.4, 0.5) is 0 Å². The first-order valence-corrected chi connectivity index (χ1v) is 10.4. The van der Waals surface area contributed by atoms with Crippen LogP contribution < -0.4 is 0 Å². The highest BCUT2D eigenvalue weighted by atomic mass is 16.4. The number of nitrogens with zero attached hydrogens (tertiary/aromatic N) is 2. The molecule has 0 spiro atoms. The summed E-state index contributed by atoms with van der Waals surface area (Å²) >= 11 is 0. The number of Topliss-reactive ketones (excluding diaryl/α,β-unsaturated/α-hetero) is 1. The first-order valence-electron chi connectivity index (χ1n) is 10.4. The van der Waals surface area contributed by atoms with E-state index in [1.165, 1.54) is 19.4 Å². The van der Waals surface area contributed by atoms with Gasteiger partial charge in [-0.2, -0.15) is 0 Å². The van der Waals surface area contributed by atoms with Gasteiger partial charge in [-0.1, -0.05) is 36.4 Å². The first-order chi connectivity index (χ1) is 14.0. The second-order valence-corrected chi connectivity index (χ2v) is 8.01. The van der Waals surface area contributed by atoms with Gasteiger partial charge in [-0.3, -0.25) is 4.79 Å². The zero-order valence-electron chi connectivity index (χ0n) is 17.4. The van der Waals surface area contributed by atoms with Crippen LogP contribution in [0.5, 0.6) is 0 Å². The average molecular weight is 389 g/mol. The maximum atomic E-state index is 11.4. The molecule has 0 aliphatic carbocycles. The summed E-state index contributed by atoms with van der Waals surface area (Å²) in [5, 5.41) is 0. The Hall–Kier alpha value is -2.72. The van der Waals surface area contributed by atoms with Gasteiger partial charge in [0.1, 0.15) is 5.76 Å². The number of hydrogen-bond donors (Lipinski definition) is 0. The summed E-state index contributed by atoms with van der Waals surface area (Å²) in [5.74, 6) is 1.68. The molecule has 1 aliphatic rings. The van der Waals surface area contributed by atoms with E-state index in [1.807, 2.05) is 43.3 Å². The topological polar surface area (TPSA) is 46.3 Å². The van der Waals surface area contributed by atoms with E-state index in [2.05, 4.69) is 24.0 Å². The monoisotopic (exact) mass is 388 g/mol. The van der Waals surface area contributed by atoms with Gasteiger partial charge in [0, 0.05) is 30.1 Å².